The van der Waals surface area contributed by atoms with E-state index in [1.54, 1.807) is 36.8 Å². The monoisotopic (exact) mass is 510 g/mol. The molecule has 2 rings (SSSR count). The smallest absolute Gasteiger partial charge is 0.192 e. The predicted octanol–water partition coefficient (Wildman–Crippen LogP) is 7.20. The van der Waals surface area contributed by atoms with Gasteiger partial charge >= 0.3 is 0 Å². The zero-order valence-corrected chi connectivity index (χ0v) is 24.7. The highest BCUT2D eigenvalue weighted by Crippen LogP contribution is 2.43. The van der Waals surface area contributed by atoms with Crippen LogP contribution in [0.15, 0.2) is 45.6 Å². The van der Waals surface area contributed by atoms with E-state index in [0.29, 0.717) is 24.4 Å². The Kier molecular flexibility index (Phi) is 9.27. The van der Waals surface area contributed by atoms with Crippen LogP contribution in [0.25, 0.3) is 0 Å². The van der Waals surface area contributed by atoms with Crippen molar-refractivity contribution in [3.8, 4) is 0 Å². The summed E-state index contributed by atoms with van der Waals surface area (Å²) < 4.78 is 24.8. The molecule has 0 spiro atoms. The Labute approximate surface area is 207 Å². The Bertz CT molecular complexity index is 775. The predicted molar refractivity (Wildman–Crippen MR) is 141 cm³/mol. The van der Waals surface area contributed by atoms with Gasteiger partial charge in [0.25, 0.3) is 0 Å². The second-order valence-corrected chi connectivity index (χ2v) is 21.9. The second kappa shape index (κ2) is 10.8. The van der Waals surface area contributed by atoms with Gasteiger partial charge in [0, 0.05) is 12.8 Å². The van der Waals surface area contributed by atoms with Gasteiger partial charge in [-0.15, -0.1) is 0 Å². The third-order valence-electron chi connectivity index (χ3n) is 7.57. The molecule has 8 heteroatoms. The summed E-state index contributed by atoms with van der Waals surface area (Å²) in [5.74, 6) is 1.00. The quantitative estimate of drug-likeness (QED) is 0.311. The first kappa shape index (κ1) is 29.1. The summed E-state index contributed by atoms with van der Waals surface area (Å²) in [6.45, 7) is 22.0. The summed E-state index contributed by atoms with van der Waals surface area (Å²) in [5.41, 5.74) is 0. The average Bonchev–Trinajstić information content (AvgIpc) is 3.38. The van der Waals surface area contributed by atoms with Crippen molar-refractivity contribution in [2.45, 2.75) is 115 Å². The summed E-state index contributed by atoms with van der Waals surface area (Å²) >= 11 is 0. The molecule has 34 heavy (non-hydrogen) atoms. The summed E-state index contributed by atoms with van der Waals surface area (Å²) in [6.07, 6.45) is 1.21. The van der Waals surface area contributed by atoms with E-state index in [2.05, 4.69) is 67.7 Å². The van der Waals surface area contributed by atoms with Gasteiger partial charge < -0.3 is 27.9 Å². The molecule has 0 aromatic carbocycles. The number of hydrogen-bond donors (Lipinski definition) is 2. The molecule has 0 amide bonds. The van der Waals surface area contributed by atoms with Gasteiger partial charge in [-0.25, -0.2) is 0 Å². The molecule has 0 aliphatic rings. The van der Waals surface area contributed by atoms with Gasteiger partial charge in [0.1, 0.15) is 23.7 Å². The molecule has 0 fully saturated rings. The fraction of sp³-hybridized carbons (Fsp3) is 0.692. The van der Waals surface area contributed by atoms with Gasteiger partial charge in [0.05, 0.1) is 24.7 Å². The molecule has 2 heterocycles. The zero-order valence-electron chi connectivity index (χ0n) is 22.7. The fourth-order valence-corrected chi connectivity index (χ4v) is 6.01. The minimum atomic E-state index is -2.23. The topological polar surface area (TPSA) is 85.2 Å². The first-order valence-corrected chi connectivity index (χ1v) is 18.0. The van der Waals surface area contributed by atoms with Gasteiger partial charge in [-0.1, -0.05) is 41.5 Å². The maximum absolute atomic E-state index is 11.0. The van der Waals surface area contributed by atoms with Crippen molar-refractivity contribution in [2.24, 2.45) is 0 Å². The Balaban J connectivity index is 2.45. The lowest BCUT2D eigenvalue weighted by atomic mass is 9.99. The van der Waals surface area contributed by atoms with E-state index < -0.39 is 41.1 Å². The highest BCUT2D eigenvalue weighted by Gasteiger charge is 2.45. The Hall–Kier alpha value is -1.17. The Morgan fingerprint density at radius 1 is 0.706 bits per heavy atom. The zero-order chi connectivity index (χ0) is 25.9. The highest BCUT2D eigenvalue weighted by atomic mass is 28.4. The normalized spacial score (nSPS) is 17.4. The van der Waals surface area contributed by atoms with Crippen LogP contribution in [0.5, 0.6) is 0 Å². The molecule has 0 radical (unpaired) electrons. The maximum Gasteiger partial charge on any atom is 0.192 e. The molecule has 4 atom stereocenters. The molecule has 0 unspecified atom stereocenters. The van der Waals surface area contributed by atoms with Crippen LogP contribution in [0.1, 0.15) is 78.1 Å². The first-order valence-electron chi connectivity index (χ1n) is 12.2. The van der Waals surface area contributed by atoms with Crippen LogP contribution < -0.4 is 0 Å². The molecule has 194 valence electrons. The van der Waals surface area contributed by atoms with Crippen molar-refractivity contribution < 1.29 is 27.9 Å². The lowest BCUT2D eigenvalue weighted by Crippen LogP contribution is -2.52. The molecular weight excluding hydrogens is 464 g/mol. The molecule has 0 bridgehead atoms. The van der Waals surface area contributed by atoms with Gasteiger partial charge in [0.15, 0.2) is 16.6 Å². The summed E-state index contributed by atoms with van der Waals surface area (Å²) in [5, 5.41) is 22.0. The largest absolute Gasteiger partial charge is 0.467 e. The summed E-state index contributed by atoms with van der Waals surface area (Å²) in [4.78, 5) is 0. The second-order valence-electron chi connectivity index (χ2n) is 12.4. The Morgan fingerprint density at radius 3 is 1.26 bits per heavy atom. The van der Waals surface area contributed by atoms with Crippen molar-refractivity contribution in [3.05, 3.63) is 48.3 Å². The maximum atomic E-state index is 11.0. The standard InChI is InChI=1S/C26H46O6Si2/c1-25(2,3)33(7,8)31-23(17-19(27)21-13-11-15-29-21)24(32-34(9,10)26(4,5)6)18-20(28)22-14-12-16-30-22/h11-16,19-20,23-24,27-28H,17-18H2,1-10H3/t19-,20-,23-,24-/m0/s1. The molecule has 6 nitrogen and oxygen atoms in total. The molecule has 2 aromatic rings. The van der Waals surface area contributed by atoms with Crippen molar-refractivity contribution in [2.75, 3.05) is 0 Å². The molecule has 0 aliphatic carbocycles. The van der Waals surface area contributed by atoms with Crippen LogP contribution >= 0.6 is 0 Å². The molecule has 2 aromatic heterocycles. The fourth-order valence-electron chi connectivity index (χ4n) is 3.30. The van der Waals surface area contributed by atoms with E-state index in [9.17, 15) is 10.2 Å². The van der Waals surface area contributed by atoms with Crippen molar-refractivity contribution >= 4 is 16.6 Å². The minimum Gasteiger partial charge on any atom is -0.467 e. The van der Waals surface area contributed by atoms with Crippen LogP contribution in [0.4, 0.5) is 0 Å². The van der Waals surface area contributed by atoms with E-state index in [4.69, 9.17) is 17.7 Å². The van der Waals surface area contributed by atoms with E-state index >= 15 is 0 Å². The summed E-state index contributed by atoms with van der Waals surface area (Å²) in [6, 6.07) is 7.09. The molecule has 2 N–H and O–H groups in total. The van der Waals surface area contributed by atoms with Crippen molar-refractivity contribution in [1.82, 2.24) is 0 Å². The van der Waals surface area contributed by atoms with E-state index in [-0.39, 0.29) is 10.1 Å². The van der Waals surface area contributed by atoms with Crippen LogP contribution in [0.3, 0.4) is 0 Å². The molecule has 0 aliphatic heterocycles. The summed E-state index contributed by atoms with van der Waals surface area (Å²) in [7, 11) is -4.46. The average molecular weight is 511 g/mol. The third kappa shape index (κ3) is 7.42. The van der Waals surface area contributed by atoms with Gasteiger partial charge in [0.2, 0.25) is 0 Å². The molecular formula is C26H46O6Si2. The first-order chi connectivity index (χ1) is 15.4. The van der Waals surface area contributed by atoms with Crippen LogP contribution in [0, 0.1) is 0 Å². The Morgan fingerprint density at radius 2 is 1.03 bits per heavy atom. The van der Waals surface area contributed by atoms with E-state index in [1.165, 1.54) is 0 Å². The van der Waals surface area contributed by atoms with E-state index in [1.807, 2.05) is 0 Å². The number of furan rings is 2. The van der Waals surface area contributed by atoms with Gasteiger partial charge in [-0.05, 0) is 60.5 Å². The van der Waals surface area contributed by atoms with Crippen molar-refractivity contribution in [3.63, 3.8) is 0 Å². The van der Waals surface area contributed by atoms with E-state index in [0.717, 1.165) is 0 Å². The highest BCUT2D eigenvalue weighted by molar-refractivity contribution is 6.74. The lowest BCUT2D eigenvalue weighted by Gasteiger charge is -2.45. The molecule has 0 saturated heterocycles. The number of aliphatic hydroxyl groups excluding tert-OH is 2. The van der Waals surface area contributed by atoms with Gasteiger partial charge in [-0.2, -0.15) is 0 Å². The van der Waals surface area contributed by atoms with Crippen LogP contribution in [-0.4, -0.2) is 39.1 Å². The van der Waals surface area contributed by atoms with Crippen molar-refractivity contribution in [1.29, 1.82) is 0 Å². The number of hydrogen-bond acceptors (Lipinski definition) is 6. The number of rotatable bonds is 11. The van der Waals surface area contributed by atoms with Gasteiger partial charge in [-0.3, -0.25) is 0 Å². The lowest BCUT2D eigenvalue weighted by molar-refractivity contribution is -0.0278. The van der Waals surface area contributed by atoms with Crippen LogP contribution in [-0.2, 0) is 8.85 Å². The SMILES string of the molecule is CC(C)(C)[Si](C)(C)O[C@@H](C[C@H](O)c1ccco1)[C@H](C[C@H](O)c1ccco1)O[Si](C)(C)C(C)(C)C. The number of aliphatic hydroxyl groups is 2. The minimum absolute atomic E-state index is 0.0258. The molecule has 0 saturated carbocycles. The van der Waals surface area contributed by atoms with Crippen LogP contribution in [0.2, 0.25) is 36.3 Å². The third-order valence-corrected chi connectivity index (χ3v) is 16.6.